The van der Waals surface area contributed by atoms with E-state index in [4.69, 9.17) is 5.11 Å². The standard InChI is InChI=1S/C24H24N2O3S/c27-22(28)14-8-7-13-21-23-20(17-30-21)25(15-18-9-3-1-4-10-18)24(29)26(23)16-19-11-5-2-6-12-19/h1-13,20,23H,14-17H2,(H,27,28)/b8-7+,21-13-/t20-,23-/m0/s1. The summed E-state index contributed by atoms with van der Waals surface area (Å²) in [6, 6.07) is 20.3. The summed E-state index contributed by atoms with van der Waals surface area (Å²) in [5, 5.41) is 8.83. The molecule has 4 rings (SSSR count). The molecule has 2 fully saturated rings. The van der Waals surface area contributed by atoms with Crippen molar-refractivity contribution in [3.63, 3.8) is 0 Å². The van der Waals surface area contributed by atoms with Crippen LogP contribution >= 0.6 is 11.8 Å². The highest BCUT2D eigenvalue weighted by atomic mass is 32.2. The Hall–Kier alpha value is -2.99. The Morgan fingerprint density at radius 3 is 2.20 bits per heavy atom. The Labute approximate surface area is 180 Å². The van der Waals surface area contributed by atoms with Crippen molar-refractivity contribution in [2.24, 2.45) is 0 Å². The molecular formula is C24H24N2O3S. The number of amides is 2. The molecule has 0 aromatic heterocycles. The monoisotopic (exact) mass is 420 g/mol. The van der Waals surface area contributed by atoms with Crippen LogP contribution in [0.5, 0.6) is 0 Å². The fourth-order valence-electron chi connectivity index (χ4n) is 3.98. The van der Waals surface area contributed by atoms with Gasteiger partial charge in [-0.1, -0.05) is 78.9 Å². The highest BCUT2D eigenvalue weighted by Gasteiger charge is 2.50. The van der Waals surface area contributed by atoms with Gasteiger partial charge in [-0.05, 0) is 11.1 Å². The molecule has 0 aliphatic carbocycles. The van der Waals surface area contributed by atoms with Crippen LogP contribution in [0.4, 0.5) is 4.79 Å². The predicted octanol–water partition coefficient (Wildman–Crippen LogP) is 4.52. The van der Waals surface area contributed by atoms with Gasteiger partial charge < -0.3 is 14.9 Å². The van der Waals surface area contributed by atoms with Crippen molar-refractivity contribution >= 4 is 23.8 Å². The van der Waals surface area contributed by atoms with E-state index in [1.54, 1.807) is 23.9 Å². The quantitative estimate of drug-likeness (QED) is 0.669. The number of carbonyl (C=O) groups is 2. The van der Waals surface area contributed by atoms with Gasteiger partial charge in [-0.15, -0.1) is 11.8 Å². The number of benzene rings is 2. The molecule has 2 heterocycles. The van der Waals surface area contributed by atoms with E-state index in [0.29, 0.717) is 13.1 Å². The van der Waals surface area contributed by atoms with Gasteiger partial charge in [-0.2, -0.15) is 0 Å². The molecule has 154 valence electrons. The molecule has 0 spiro atoms. The van der Waals surface area contributed by atoms with Gasteiger partial charge in [0.1, 0.15) is 0 Å². The third-order valence-electron chi connectivity index (χ3n) is 5.38. The van der Waals surface area contributed by atoms with Gasteiger partial charge in [0, 0.05) is 23.7 Å². The summed E-state index contributed by atoms with van der Waals surface area (Å²) >= 11 is 1.75. The second-order valence-electron chi connectivity index (χ2n) is 7.43. The van der Waals surface area contributed by atoms with Crippen molar-refractivity contribution in [2.75, 3.05) is 5.75 Å². The van der Waals surface area contributed by atoms with Crippen LogP contribution in [0.25, 0.3) is 0 Å². The maximum absolute atomic E-state index is 13.4. The summed E-state index contributed by atoms with van der Waals surface area (Å²) in [6.07, 6.45) is 5.40. The van der Waals surface area contributed by atoms with Crippen LogP contribution in [0.3, 0.4) is 0 Å². The minimum Gasteiger partial charge on any atom is -0.481 e. The summed E-state index contributed by atoms with van der Waals surface area (Å²) in [7, 11) is 0. The van der Waals surface area contributed by atoms with Crippen molar-refractivity contribution in [3.8, 4) is 0 Å². The van der Waals surface area contributed by atoms with Gasteiger partial charge >= 0.3 is 12.0 Å². The lowest BCUT2D eigenvalue weighted by Gasteiger charge is -2.23. The lowest BCUT2D eigenvalue weighted by Crippen LogP contribution is -2.35. The summed E-state index contributed by atoms with van der Waals surface area (Å²) in [4.78, 5) is 29.2. The molecule has 2 atom stereocenters. The lowest BCUT2D eigenvalue weighted by atomic mass is 10.1. The predicted molar refractivity (Wildman–Crippen MR) is 119 cm³/mol. The zero-order chi connectivity index (χ0) is 20.9. The number of hydrogen-bond donors (Lipinski definition) is 1. The van der Waals surface area contributed by atoms with Crippen LogP contribution in [0.1, 0.15) is 17.5 Å². The molecule has 0 saturated carbocycles. The normalized spacial score (nSPS) is 22.3. The minimum atomic E-state index is -0.850. The SMILES string of the molecule is O=C(O)C/C=C/C=C1\SC[C@H]2[C@@H]1N(Cc1ccccc1)C(=O)N2Cc1ccccc1. The number of carboxylic acid groups (broad SMARTS) is 1. The number of hydrogen-bond acceptors (Lipinski definition) is 3. The van der Waals surface area contributed by atoms with Crippen LogP contribution in [-0.2, 0) is 17.9 Å². The average Bonchev–Trinajstić information content (AvgIpc) is 3.27. The summed E-state index contributed by atoms with van der Waals surface area (Å²) in [5.74, 6) is -0.00923. The topological polar surface area (TPSA) is 60.9 Å². The largest absolute Gasteiger partial charge is 0.481 e. The van der Waals surface area contributed by atoms with E-state index in [1.807, 2.05) is 64.4 Å². The van der Waals surface area contributed by atoms with E-state index in [-0.39, 0.29) is 24.5 Å². The number of carboxylic acids is 1. The third-order valence-corrected chi connectivity index (χ3v) is 6.60. The maximum Gasteiger partial charge on any atom is 0.321 e. The number of carbonyl (C=O) groups excluding carboxylic acids is 1. The molecule has 2 amide bonds. The Morgan fingerprint density at radius 1 is 1.00 bits per heavy atom. The Kier molecular flexibility index (Phi) is 6.23. The Bertz CT molecular complexity index is 959. The molecule has 2 aliphatic rings. The highest BCUT2D eigenvalue weighted by molar-refractivity contribution is 8.03. The fraction of sp³-hybridized carbons (Fsp3) is 0.250. The Morgan fingerprint density at radius 2 is 1.60 bits per heavy atom. The molecule has 2 saturated heterocycles. The van der Waals surface area contributed by atoms with E-state index in [0.717, 1.165) is 21.8 Å². The third kappa shape index (κ3) is 4.44. The van der Waals surface area contributed by atoms with Gasteiger partial charge in [-0.3, -0.25) is 4.79 Å². The summed E-state index contributed by atoms with van der Waals surface area (Å²) < 4.78 is 0. The number of allylic oxidation sites excluding steroid dienone is 2. The van der Waals surface area contributed by atoms with Crippen molar-refractivity contribution in [1.29, 1.82) is 0 Å². The molecule has 6 heteroatoms. The van der Waals surface area contributed by atoms with Gasteiger partial charge in [-0.25, -0.2) is 4.79 Å². The van der Waals surface area contributed by atoms with E-state index < -0.39 is 5.97 Å². The molecule has 30 heavy (non-hydrogen) atoms. The van der Waals surface area contributed by atoms with Gasteiger partial charge in [0.2, 0.25) is 0 Å². The van der Waals surface area contributed by atoms with Crippen LogP contribution < -0.4 is 0 Å². The molecular weight excluding hydrogens is 396 g/mol. The smallest absolute Gasteiger partial charge is 0.321 e. The molecule has 0 bridgehead atoms. The summed E-state index contributed by atoms with van der Waals surface area (Å²) in [5.41, 5.74) is 2.22. The molecule has 1 N–H and O–H groups in total. The van der Waals surface area contributed by atoms with Gasteiger partial charge in [0.25, 0.3) is 0 Å². The number of rotatable bonds is 7. The molecule has 2 aromatic rings. The van der Waals surface area contributed by atoms with Gasteiger partial charge in [0.05, 0.1) is 18.5 Å². The second-order valence-corrected chi connectivity index (χ2v) is 8.52. The highest BCUT2D eigenvalue weighted by Crippen LogP contribution is 2.43. The molecule has 0 unspecified atom stereocenters. The zero-order valence-electron chi connectivity index (χ0n) is 16.6. The number of fused-ring (bicyclic) bond motifs is 1. The first kappa shape index (κ1) is 20.3. The Balaban J connectivity index is 1.60. The van der Waals surface area contributed by atoms with Crippen molar-refractivity contribution in [2.45, 2.75) is 31.6 Å². The number of thioether (sulfide) groups is 1. The van der Waals surface area contributed by atoms with Crippen LogP contribution in [0, 0.1) is 0 Å². The average molecular weight is 421 g/mol. The zero-order valence-corrected chi connectivity index (χ0v) is 17.4. The van der Waals surface area contributed by atoms with Gasteiger partial charge in [0.15, 0.2) is 0 Å². The van der Waals surface area contributed by atoms with E-state index in [2.05, 4.69) is 12.1 Å². The molecule has 2 aromatic carbocycles. The molecule has 0 radical (unpaired) electrons. The van der Waals surface area contributed by atoms with Crippen molar-refractivity contribution in [1.82, 2.24) is 9.80 Å². The van der Waals surface area contributed by atoms with E-state index in [1.165, 1.54) is 0 Å². The first-order chi connectivity index (χ1) is 14.6. The second kappa shape index (κ2) is 9.22. The number of urea groups is 1. The fourth-order valence-corrected chi connectivity index (χ4v) is 5.34. The lowest BCUT2D eigenvalue weighted by molar-refractivity contribution is -0.136. The summed E-state index contributed by atoms with van der Waals surface area (Å²) in [6.45, 7) is 1.15. The number of aliphatic carboxylic acids is 1. The van der Waals surface area contributed by atoms with Crippen molar-refractivity contribution < 1.29 is 14.7 Å². The number of nitrogens with zero attached hydrogens (tertiary/aromatic N) is 2. The maximum atomic E-state index is 13.4. The first-order valence-corrected chi connectivity index (χ1v) is 11.0. The molecule has 2 aliphatic heterocycles. The first-order valence-electron chi connectivity index (χ1n) is 10.00. The molecule has 5 nitrogen and oxygen atoms in total. The van der Waals surface area contributed by atoms with E-state index in [9.17, 15) is 9.59 Å². The van der Waals surface area contributed by atoms with Crippen LogP contribution in [-0.4, -0.2) is 44.7 Å². The van der Waals surface area contributed by atoms with E-state index >= 15 is 0 Å². The van der Waals surface area contributed by atoms with Crippen LogP contribution in [0.15, 0.2) is 83.8 Å². The minimum absolute atomic E-state index is 0.00463. The van der Waals surface area contributed by atoms with Crippen molar-refractivity contribution in [3.05, 3.63) is 94.9 Å². The van der Waals surface area contributed by atoms with Crippen LogP contribution in [0.2, 0.25) is 0 Å².